The van der Waals surface area contributed by atoms with Gasteiger partial charge in [0.25, 0.3) is 11.6 Å². The Bertz CT molecular complexity index is 704. The lowest BCUT2D eigenvalue weighted by Gasteiger charge is -2.14. The van der Waals surface area contributed by atoms with Crippen molar-refractivity contribution in [2.45, 2.75) is 6.54 Å². The molecule has 0 saturated carbocycles. The first-order valence-corrected chi connectivity index (χ1v) is 7.42. The average molecular weight is 335 g/mol. The number of carbonyl (C=O) groups is 1. The molecule has 2 rings (SSSR count). The number of para-hydroxylation sites is 1. The van der Waals surface area contributed by atoms with Gasteiger partial charge in [0.15, 0.2) is 6.54 Å². The minimum atomic E-state index is -0.433. The van der Waals surface area contributed by atoms with Crippen molar-refractivity contribution in [3.8, 4) is 0 Å². The largest absolute Gasteiger partial charge is 0.326 e. The second kappa shape index (κ2) is 7.71. The van der Waals surface area contributed by atoms with Gasteiger partial charge in [-0.1, -0.05) is 23.7 Å². The number of quaternary nitrogens is 1. The highest BCUT2D eigenvalue weighted by Gasteiger charge is 2.13. The summed E-state index contributed by atoms with van der Waals surface area (Å²) in [5.74, 6) is -0.141. The highest BCUT2D eigenvalue weighted by molar-refractivity contribution is 6.33. The van der Waals surface area contributed by atoms with E-state index >= 15 is 0 Å². The third kappa shape index (κ3) is 5.05. The van der Waals surface area contributed by atoms with E-state index in [2.05, 4.69) is 5.32 Å². The number of nitrogens with one attached hydrogen (secondary N) is 2. The lowest BCUT2D eigenvalue weighted by atomic mass is 10.2. The number of likely N-dealkylation sites (N-methyl/N-ethyl adjacent to an activating group) is 1. The van der Waals surface area contributed by atoms with Gasteiger partial charge in [-0.2, -0.15) is 0 Å². The molecule has 2 aromatic rings. The zero-order chi connectivity index (χ0) is 16.8. The number of amides is 1. The number of hydrogen-bond acceptors (Lipinski definition) is 3. The summed E-state index contributed by atoms with van der Waals surface area (Å²) in [5.41, 5.74) is 1.57. The van der Waals surface area contributed by atoms with Crippen LogP contribution in [0, 0.1) is 10.1 Å². The molecule has 1 unspecified atom stereocenters. The van der Waals surface area contributed by atoms with Gasteiger partial charge in [-0.25, -0.2) is 0 Å². The maximum atomic E-state index is 12.0. The van der Waals surface area contributed by atoms with Crippen molar-refractivity contribution in [2.75, 3.05) is 18.9 Å². The molecule has 120 valence electrons. The Morgan fingerprint density at radius 1 is 1.22 bits per heavy atom. The topological polar surface area (TPSA) is 76.7 Å². The molecule has 1 atom stereocenters. The molecule has 0 aliphatic rings. The molecule has 0 spiro atoms. The Kier molecular flexibility index (Phi) is 5.67. The summed E-state index contributed by atoms with van der Waals surface area (Å²) in [4.78, 5) is 23.2. The summed E-state index contributed by atoms with van der Waals surface area (Å²) in [7, 11) is 1.88. The number of nitro groups is 1. The molecular weight excluding hydrogens is 318 g/mol. The van der Waals surface area contributed by atoms with Crippen LogP contribution in [0.15, 0.2) is 48.5 Å². The monoisotopic (exact) mass is 334 g/mol. The lowest BCUT2D eigenvalue weighted by Crippen LogP contribution is -3.08. The van der Waals surface area contributed by atoms with Crippen molar-refractivity contribution < 1.29 is 14.6 Å². The lowest BCUT2D eigenvalue weighted by molar-refractivity contribution is -0.885. The second-order valence-electron chi connectivity index (χ2n) is 5.26. The Labute approximate surface area is 138 Å². The highest BCUT2D eigenvalue weighted by Crippen LogP contribution is 2.19. The number of carbonyl (C=O) groups excluding carboxylic acids is 1. The predicted molar refractivity (Wildman–Crippen MR) is 88.6 cm³/mol. The number of nitro benzene ring substituents is 1. The normalized spacial score (nSPS) is 11.7. The highest BCUT2D eigenvalue weighted by atomic mass is 35.5. The average Bonchev–Trinajstić information content (AvgIpc) is 2.50. The SMILES string of the molecule is C[NH+](CC(=O)Nc1ccccc1Cl)Cc1ccc([N+](=O)[O-])cc1. The molecule has 0 aliphatic carbocycles. The Morgan fingerprint density at radius 2 is 1.87 bits per heavy atom. The van der Waals surface area contributed by atoms with Gasteiger partial charge in [0.1, 0.15) is 6.54 Å². The Hall–Kier alpha value is -2.44. The molecule has 2 aromatic carbocycles. The number of halogens is 1. The summed E-state index contributed by atoms with van der Waals surface area (Å²) in [5, 5.41) is 13.9. The van der Waals surface area contributed by atoms with Crippen LogP contribution in [0.4, 0.5) is 11.4 Å². The van der Waals surface area contributed by atoms with E-state index in [-0.39, 0.29) is 18.1 Å². The molecule has 23 heavy (non-hydrogen) atoms. The minimum absolute atomic E-state index is 0.0582. The van der Waals surface area contributed by atoms with Crippen LogP contribution in [0.3, 0.4) is 0 Å². The smallest absolute Gasteiger partial charge is 0.279 e. The van der Waals surface area contributed by atoms with Crippen LogP contribution in [0.1, 0.15) is 5.56 Å². The number of non-ortho nitro benzene ring substituents is 1. The van der Waals surface area contributed by atoms with Crippen molar-refractivity contribution >= 4 is 28.9 Å². The van der Waals surface area contributed by atoms with Crippen LogP contribution in [0.25, 0.3) is 0 Å². The van der Waals surface area contributed by atoms with Gasteiger partial charge in [-0.3, -0.25) is 14.9 Å². The molecule has 7 heteroatoms. The van der Waals surface area contributed by atoms with E-state index in [4.69, 9.17) is 11.6 Å². The summed E-state index contributed by atoms with van der Waals surface area (Å²) >= 11 is 6.00. The van der Waals surface area contributed by atoms with Gasteiger partial charge in [-0.05, 0) is 24.3 Å². The third-order valence-corrected chi connectivity index (χ3v) is 3.59. The van der Waals surface area contributed by atoms with Crippen LogP contribution in [0.5, 0.6) is 0 Å². The van der Waals surface area contributed by atoms with Crippen LogP contribution in [-0.4, -0.2) is 24.4 Å². The van der Waals surface area contributed by atoms with Crippen molar-refractivity contribution in [3.05, 3.63) is 69.2 Å². The van der Waals surface area contributed by atoms with Crippen molar-refractivity contribution in [1.29, 1.82) is 0 Å². The molecule has 0 heterocycles. The first-order chi connectivity index (χ1) is 11.0. The van der Waals surface area contributed by atoms with Gasteiger partial charge in [0.05, 0.1) is 22.7 Å². The van der Waals surface area contributed by atoms with E-state index in [9.17, 15) is 14.9 Å². The fraction of sp³-hybridized carbons (Fsp3) is 0.188. The van der Waals surface area contributed by atoms with E-state index in [1.165, 1.54) is 12.1 Å². The summed E-state index contributed by atoms with van der Waals surface area (Å²) < 4.78 is 0. The Morgan fingerprint density at radius 3 is 2.48 bits per heavy atom. The van der Waals surface area contributed by atoms with Crippen LogP contribution in [-0.2, 0) is 11.3 Å². The summed E-state index contributed by atoms with van der Waals surface area (Å²) in [6.45, 7) is 0.857. The maximum absolute atomic E-state index is 12.0. The third-order valence-electron chi connectivity index (χ3n) is 3.26. The van der Waals surface area contributed by atoms with E-state index in [0.29, 0.717) is 17.3 Å². The van der Waals surface area contributed by atoms with E-state index in [1.54, 1.807) is 36.4 Å². The molecule has 0 saturated heterocycles. The molecular formula is C16H17ClN3O3+. The second-order valence-corrected chi connectivity index (χ2v) is 5.67. The molecule has 2 N–H and O–H groups in total. The van der Waals surface area contributed by atoms with Gasteiger partial charge >= 0.3 is 0 Å². The summed E-state index contributed by atoms with van der Waals surface area (Å²) in [6, 6.07) is 13.4. The van der Waals surface area contributed by atoms with E-state index < -0.39 is 4.92 Å². The quantitative estimate of drug-likeness (QED) is 0.625. The first kappa shape index (κ1) is 16.9. The molecule has 1 amide bonds. The molecule has 0 radical (unpaired) electrons. The number of anilines is 1. The number of benzene rings is 2. The molecule has 0 aliphatic heterocycles. The zero-order valence-corrected chi connectivity index (χ0v) is 13.3. The van der Waals surface area contributed by atoms with Gasteiger partial charge in [-0.15, -0.1) is 0 Å². The first-order valence-electron chi connectivity index (χ1n) is 7.04. The number of hydrogen-bond donors (Lipinski definition) is 2. The van der Waals surface area contributed by atoms with Crippen molar-refractivity contribution in [3.63, 3.8) is 0 Å². The van der Waals surface area contributed by atoms with Crippen molar-refractivity contribution in [1.82, 2.24) is 0 Å². The standard InChI is InChI=1S/C16H16ClN3O3/c1-19(10-12-6-8-13(9-7-12)20(22)23)11-16(21)18-15-5-3-2-4-14(15)17/h2-9H,10-11H2,1H3,(H,18,21)/p+1. The fourth-order valence-electron chi connectivity index (χ4n) is 2.18. The number of nitrogens with zero attached hydrogens (tertiary/aromatic N) is 1. The predicted octanol–water partition coefficient (Wildman–Crippen LogP) is 1.90. The van der Waals surface area contributed by atoms with Gasteiger partial charge in [0.2, 0.25) is 0 Å². The Balaban J connectivity index is 1.89. The van der Waals surface area contributed by atoms with Gasteiger partial charge < -0.3 is 10.2 Å². The van der Waals surface area contributed by atoms with Crippen LogP contribution < -0.4 is 10.2 Å². The fourth-order valence-corrected chi connectivity index (χ4v) is 2.36. The van der Waals surface area contributed by atoms with Crippen LogP contribution >= 0.6 is 11.6 Å². The molecule has 6 nitrogen and oxygen atoms in total. The van der Waals surface area contributed by atoms with E-state index in [1.807, 2.05) is 7.05 Å². The zero-order valence-electron chi connectivity index (χ0n) is 12.6. The summed E-state index contributed by atoms with van der Waals surface area (Å²) in [6.07, 6.45) is 0. The molecule has 0 aromatic heterocycles. The molecule has 0 bridgehead atoms. The van der Waals surface area contributed by atoms with Crippen molar-refractivity contribution in [2.24, 2.45) is 0 Å². The van der Waals surface area contributed by atoms with Gasteiger partial charge in [0, 0.05) is 17.7 Å². The van der Waals surface area contributed by atoms with E-state index in [0.717, 1.165) is 10.5 Å². The minimum Gasteiger partial charge on any atom is -0.326 e. The van der Waals surface area contributed by atoms with Crippen LogP contribution in [0.2, 0.25) is 5.02 Å². The number of rotatable bonds is 6. The molecule has 0 fully saturated rings. The maximum Gasteiger partial charge on any atom is 0.279 e.